The van der Waals surface area contributed by atoms with Crippen LogP contribution in [0.1, 0.15) is 36.0 Å². The SMILES string of the molecule is CNc1cc(Nc2ccc[nH]c2=O)nc2c(C(=O)N[C@@H]3CCC[C@@H](OC)C3)cnn12. The van der Waals surface area contributed by atoms with Crippen molar-refractivity contribution in [1.29, 1.82) is 0 Å². The number of H-pyrrole nitrogens is 1. The van der Waals surface area contributed by atoms with Gasteiger partial charge < -0.3 is 25.7 Å². The quantitative estimate of drug-likeness (QED) is 0.488. The number of aromatic amines is 1. The molecule has 3 aromatic heterocycles. The lowest BCUT2D eigenvalue weighted by Gasteiger charge is -2.28. The molecule has 0 saturated heterocycles. The van der Waals surface area contributed by atoms with E-state index in [1.165, 1.54) is 6.20 Å². The number of aromatic nitrogens is 4. The van der Waals surface area contributed by atoms with Crippen molar-refractivity contribution in [2.45, 2.75) is 37.8 Å². The zero-order chi connectivity index (χ0) is 21.1. The zero-order valence-corrected chi connectivity index (χ0v) is 16.9. The zero-order valence-electron chi connectivity index (χ0n) is 16.9. The first-order chi connectivity index (χ1) is 14.6. The Morgan fingerprint density at radius 1 is 1.37 bits per heavy atom. The second kappa shape index (κ2) is 8.54. The molecule has 3 heterocycles. The number of carbonyl (C=O) groups is 1. The average Bonchev–Trinajstić information content (AvgIpc) is 3.19. The molecule has 1 aliphatic rings. The fourth-order valence-corrected chi connectivity index (χ4v) is 3.78. The van der Waals surface area contributed by atoms with Gasteiger partial charge in [-0.15, -0.1) is 0 Å². The highest BCUT2D eigenvalue weighted by Gasteiger charge is 2.25. The largest absolute Gasteiger partial charge is 0.381 e. The summed E-state index contributed by atoms with van der Waals surface area (Å²) in [4.78, 5) is 32.1. The first-order valence-corrected chi connectivity index (χ1v) is 9.94. The molecule has 1 aliphatic carbocycles. The molecule has 1 fully saturated rings. The van der Waals surface area contributed by atoms with Gasteiger partial charge in [0.1, 0.15) is 22.9 Å². The summed E-state index contributed by atoms with van der Waals surface area (Å²) in [5, 5.41) is 13.4. The van der Waals surface area contributed by atoms with E-state index in [1.807, 2.05) is 0 Å². The Bertz CT molecular complexity index is 1110. The molecule has 0 bridgehead atoms. The van der Waals surface area contributed by atoms with Crippen LogP contribution in [0.4, 0.5) is 17.3 Å². The Balaban J connectivity index is 1.63. The predicted octanol–water partition coefficient (Wildman–Crippen LogP) is 1.89. The summed E-state index contributed by atoms with van der Waals surface area (Å²) in [5.74, 6) is 0.831. The Hall–Kier alpha value is -3.40. The molecular formula is C20H25N7O3. The summed E-state index contributed by atoms with van der Waals surface area (Å²) >= 11 is 0. The van der Waals surface area contributed by atoms with Crippen LogP contribution >= 0.6 is 0 Å². The summed E-state index contributed by atoms with van der Waals surface area (Å²) < 4.78 is 7.02. The van der Waals surface area contributed by atoms with Gasteiger partial charge in [-0.05, 0) is 37.8 Å². The number of carbonyl (C=O) groups excluding carboxylic acids is 1. The third kappa shape index (κ3) is 3.99. The Labute approximate surface area is 173 Å². The van der Waals surface area contributed by atoms with Crippen LogP contribution in [0.25, 0.3) is 5.65 Å². The van der Waals surface area contributed by atoms with Crippen molar-refractivity contribution in [1.82, 2.24) is 24.9 Å². The maximum atomic E-state index is 13.0. The van der Waals surface area contributed by atoms with Crippen molar-refractivity contribution < 1.29 is 9.53 Å². The van der Waals surface area contributed by atoms with E-state index in [1.54, 1.807) is 43.1 Å². The number of hydrogen-bond acceptors (Lipinski definition) is 7. The van der Waals surface area contributed by atoms with Crippen LogP contribution < -0.4 is 21.5 Å². The summed E-state index contributed by atoms with van der Waals surface area (Å²) in [5.41, 5.74) is 0.862. The maximum Gasteiger partial charge on any atom is 0.271 e. The van der Waals surface area contributed by atoms with Crippen molar-refractivity contribution in [3.8, 4) is 0 Å². The molecule has 0 unspecified atom stereocenters. The second-order valence-electron chi connectivity index (χ2n) is 7.30. The maximum absolute atomic E-state index is 13.0. The lowest BCUT2D eigenvalue weighted by atomic mass is 9.92. The van der Waals surface area contributed by atoms with Gasteiger partial charge in [-0.2, -0.15) is 9.61 Å². The van der Waals surface area contributed by atoms with Crippen LogP contribution in [0.5, 0.6) is 0 Å². The first-order valence-electron chi connectivity index (χ1n) is 9.94. The van der Waals surface area contributed by atoms with E-state index in [-0.39, 0.29) is 23.6 Å². The van der Waals surface area contributed by atoms with E-state index in [2.05, 4.69) is 31.0 Å². The molecule has 0 aliphatic heterocycles. The van der Waals surface area contributed by atoms with Gasteiger partial charge in [0.15, 0.2) is 5.65 Å². The van der Waals surface area contributed by atoms with E-state index in [4.69, 9.17) is 4.74 Å². The molecule has 1 amide bonds. The summed E-state index contributed by atoms with van der Waals surface area (Å²) in [6, 6.07) is 5.15. The van der Waals surface area contributed by atoms with E-state index in [0.29, 0.717) is 28.5 Å². The number of methoxy groups -OCH3 is 1. The molecule has 3 aromatic rings. The van der Waals surface area contributed by atoms with Gasteiger partial charge in [-0.1, -0.05) is 0 Å². The normalized spacial score (nSPS) is 18.9. The molecule has 4 rings (SSSR count). The third-order valence-electron chi connectivity index (χ3n) is 5.35. The smallest absolute Gasteiger partial charge is 0.271 e. The van der Waals surface area contributed by atoms with E-state index >= 15 is 0 Å². The molecule has 0 radical (unpaired) electrons. The minimum atomic E-state index is -0.262. The van der Waals surface area contributed by atoms with Gasteiger partial charge >= 0.3 is 0 Å². The lowest BCUT2D eigenvalue weighted by Crippen LogP contribution is -2.40. The van der Waals surface area contributed by atoms with Gasteiger partial charge in [-0.3, -0.25) is 9.59 Å². The molecule has 10 heteroatoms. The van der Waals surface area contributed by atoms with Crippen LogP contribution in [0.2, 0.25) is 0 Å². The number of hydrogen-bond donors (Lipinski definition) is 4. The summed E-state index contributed by atoms with van der Waals surface area (Å²) in [7, 11) is 3.46. The summed E-state index contributed by atoms with van der Waals surface area (Å²) in [6.45, 7) is 0. The van der Waals surface area contributed by atoms with E-state index < -0.39 is 0 Å². The molecule has 0 spiro atoms. The minimum absolute atomic E-state index is 0.0547. The predicted molar refractivity (Wildman–Crippen MR) is 113 cm³/mol. The van der Waals surface area contributed by atoms with Crippen molar-refractivity contribution in [3.05, 3.63) is 46.5 Å². The molecule has 158 valence electrons. The molecule has 1 saturated carbocycles. The average molecular weight is 411 g/mol. The molecule has 0 aromatic carbocycles. The van der Waals surface area contributed by atoms with Crippen molar-refractivity contribution in [2.24, 2.45) is 0 Å². The van der Waals surface area contributed by atoms with Gasteiger partial charge in [0, 0.05) is 32.5 Å². The van der Waals surface area contributed by atoms with Crippen LogP contribution in [0.15, 0.2) is 35.4 Å². The standard InChI is InChI=1S/C20H25N7O3/c1-21-17-10-16(25-15-7-4-8-22-20(15)29)26-18-14(11-23-27(17)18)19(28)24-12-5-3-6-13(9-12)30-2/h4,7-8,10-13,21H,3,5-6,9H2,1-2H3,(H,22,29)(H,24,28)(H,25,26)/t12-,13-/m1/s1. The van der Waals surface area contributed by atoms with Crippen molar-refractivity contribution in [3.63, 3.8) is 0 Å². The fraction of sp³-hybridized carbons (Fsp3) is 0.400. The van der Waals surface area contributed by atoms with Crippen LogP contribution in [-0.4, -0.2) is 51.8 Å². The molecular weight excluding hydrogens is 386 g/mol. The Morgan fingerprint density at radius 3 is 3.00 bits per heavy atom. The fourth-order valence-electron chi connectivity index (χ4n) is 3.78. The number of fused-ring (bicyclic) bond motifs is 1. The first kappa shape index (κ1) is 19.9. The van der Waals surface area contributed by atoms with E-state index in [9.17, 15) is 9.59 Å². The highest BCUT2D eigenvalue weighted by atomic mass is 16.5. The molecule has 2 atom stereocenters. The van der Waals surface area contributed by atoms with Gasteiger partial charge in [0.2, 0.25) is 0 Å². The minimum Gasteiger partial charge on any atom is -0.381 e. The number of rotatable bonds is 6. The number of nitrogens with one attached hydrogen (secondary N) is 4. The number of anilines is 3. The number of ether oxygens (including phenoxy) is 1. The molecule has 10 nitrogen and oxygen atoms in total. The Morgan fingerprint density at radius 2 is 2.23 bits per heavy atom. The summed E-state index contributed by atoms with van der Waals surface area (Å²) in [6.07, 6.45) is 6.97. The number of nitrogens with zero attached hydrogens (tertiary/aromatic N) is 3. The van der Waals surface area contributed by atoms with Crippen LogP contribution in [0.3, 0.4) is 0 Å². The van der Waals surface area contributed by atoms with Crippen LogP contribution in [0, 0.1) is 0 Å². The monoisotopic (exact) mass is 411 g/mol. The van der Waals surface area contributed by atoms with E-state index in [0.717, 1.165) is 25.7 Å². The van der Waals surface area contributed by atoms with Crippen LogP contribution in [-0.2, 0) is 4.74 Å². The topological polar surface area (TPSA) is 125 Å². The third-order valence-corrected chi connectivity index (χ3v) is 5.35. The van der Waals surface area contributed by atoms with Gasteiger partial charge in [0.25, 0.3) is 11.5 Å². The van der Waals surface area contributed by atoms with Gasteiger partial charge in [0.05, 0.1) is 12.3 Å². The lowest BCUT2D eigenvalue weighted by molar-refractivity contribution is 0.0563. The van der Waals surface area contributed by atoms with Crippen molar-refractivity contribution in [2.75, 3.05) is 24.8 Å². The Kier molecular flexibility index (Phi) is 5.66. The molecule has 30 heavy (non-hydrogen) atoms. The highest BCUT2D eigenvalue weighted by molar-refractivity contribution is 6.00. The number of pyridine rings is 1. The number of amides is 1. The van der Waals surface area contributed by atoms with Gasteiger partial charge in [-0.25, -0.2) is 4.98 Å². The van der Waals surface area contributed by atoms with Crippen molar-refractivity contribution >= 4 is 28.9 Å². The second-order valence-corrected chi connectivity index (χ2v) is 7.30. The molecule has 4 N–H and O–H groups in total. The highest BCUT2D eigenvalue weighted by Crippen LogP contribution is 2.23.